The van der Waals surface area contributed by atoms with Gasteiger partial charge in [0.2, 0.25) is 0 Å². The summed E-state index contributed by atoms with van der Waals surface area (Å²) in [5.41, 5.74) is -0.519. The molecule has 5 nitrogen and oxygen atoms in total. The molecular weight excluding hydrogens is 246 g/mol. The molecule has 0 bridgehead atoms. The molecule has 0 aromatic carbocycles. The maximum atomic E-state index is 11.8. The second kappa shape index (κ2) is 5.92. The van der Waals surface area contributed by atoms with E-state index in [-0.39, 0.29) is 12.1 Å². The van der Waals surface area contributed by atoms with Crippen molar-refractivity contribution in [2.75, 3.05) is 6.61 Å². The van der Waals surface area contributed by atoms with Crippen LogP contribution in [0.4, 0.5) is 4.79 Å². The summed E-state index contributed by atoms with van der Waals surface area (Å²) in [6.45, 7) is 13.3. The molecular formula is C14H25NO4. The molecule has 110 valence electrons. The third-order valence-electron chi connectivity index (χ3n) is 2.60. The number of rotatable bonds is 4. The quantitative estimate of drug-likeness (QED) is 0.799. The summed E-state index contributed by atoms with van der Waals surface area (Å²) in [5.74, 6) is -0.611. The summed E-state index contributed by atoms with van der Waals surface area (Å²) in [6.07, 6.45) is 1.70. The van der Waals surface area contributed by atoms with Crippen molar-refractivity contribution < 1.29 is 19.0 Å². The Morgan fingerprint density at radius 2 is 2.21 bits per heavy atom. The molecule has 1 N–H and O–H groups in total. The smallest absolute Gasteiger partial charge is 0.407 e. The maximum absolute atomic E-state index is 11.8. The first-order chi connectivity index (χ1) is 8.63. The first-order valence-electron chi connectivity index (χ1n) is 6.55. The topological polar surface area (TPSA) is 56.8 Å². The standard InChI is InChI=1S/C14H25NO4/c1-7-8-10(11-9-17-14(5,6)18-11)15-12(16)19-13(2,3)4/h7,10-11H,1,8-9H2,2-6H3,(H,15,16)/t10-,11-/m1/s1. The fourth-order valence-electron chi connectivity index (χ4n) is 1.86. The second-order valence-electron chi connectivity index (χ2n) is 6.14. The van der Waals surface area contributed by atoms with E-state index in [0.29, 0.717) is 13.0 Å². The molecule has 0 aromatic heterocycles. The SMILES string of the molecule is C=CC[C@@H](NC(=O)OC(C)(C)C)[C@H]1COC(C)(C)O1. The van der Waals surface area contributed by atoms with E-state index < -0.39 is 17.5 Å². The average molecular weight is 271 g/mol. The van der Waals surface area contributed by atoms with E-state index in [4.69, 9.17) is 14.2 Å². The molecule has 0 saturated carbocycles. The summed E-state index contributed by atoms with van der Waals surface area (Å²) in [4.78, 5) is 11.8. The Morgan fingerprint density at radius 3 is 2.63 bits per heavy atom. The second-order valence-corrected chi connectivity index (χ2v) is 6.14. The van der Waals surface area contributed by atoms with E-state index in [1.807, 2.05) is 34.6 Å². The summed E-state index contributed by atoms with van der Waals surface area (Å²) in [5, 5.41) is 2.82. The number of ether oxygens (including phenoxy) is 3. The first kappa shape index (κ1) is 16.0. The van der Waals surface area contributed by atoms with Crippen LogP contribution in [0, 0.1) is 0 Å². The largest absolute Gasteiger partial charge is 0.444 e. The molecule has 1 aliphatic heterocycles. The summed E-state index contributed by atoms with van der Waals surface area (Å²) in [6, 6.07) is -0.200. The van der Waals surface area contributed by atoms with Gasteiger partial charge in [-0.25, -0.2) is 4.79 Å². The van der Waals surface area contributed by atoms with Crippen LogP contribution in [0.5, 0.6) is 0 Å². The van der Waals surface area contributed by atoms with Crippen LogP contribution in [0.2, 0.25) is 0 Å². The highest BCUT2D eigenvalue weighted by molar-refractivity contribution is 5.68. The van der Waals surface area contributed by atoms with Crippen LogP contribution in [0.25, 0.3) is 0 Å². The highest BCUT2D eigenvalue weighted by Gasteiger charge is 2.38. The average Bonchev–Trinajstić information content (AvgIpc) is 2.55. The van der Waals surface area contributed by atoms with E-state index in [0.717, 1.165) is 0 Å². The van der Waals surface area contributed by atoms with Crippen LogP contribution in [0.1, 0.15) is 41.0 Å². The summed E-state index contributed by atoms with van der Waals surface area (Å²) in [7, 11) is 0. The lowest BCUT2D eigenvalue weighted by Gasteiger charge is -2.26. The summed E-state index contributed by atoms with van der Waals surface area (Å²) >= 11 is 0. The molecule has 0 aliphatic carbocycles. The fraction of sp³-hybridized carbons (Fsp3) is 0.786. The van der Waals surface area contributed by atoms with Gasteiger partial charge in [-0.15, -0.1) is 6.58 Å². The minimum Gasteiger partial charge on any atom is -0.444 e. The highest BCUT2D eigenvalue weighted by Crippen LogP contribution is 2.25. The number of nitrogens with one attached hydrogen (secondary N) is 1. The van der Waals surface area contributed by atoms with Crippen LogP contribution in [0.3, 0.4) is 0 Å². The van der Waals surface area contributed by atoms with Crippen molar-refractivity contribution >= 4 is 6.09 Å². The van der Waals surface area contributed by atoms with Crippen molar-refractivity contribution in [1.82, 2.24) is 5.32 Å². The zero-order chi connectivity index (χ0) is 14.7. The molecule has 0 unspecified atom stereocenters. The lowest BCUT2D eigenvalue weighted by Crippen LogP contribution is -2.46. The lowest BCUT2D eigenvalue weighted by molar-refractivity contribution is -0.141. The van der Waals surface area contributed by atoms with Gasteiger partial charge in [0.05, 0.1) is 12.6 Å². The predicted molar refractivity (Wildman–Crippen MR) is 72.9 cm³/mol. The van der Waals surface area contributed by atoms with Gasteiger partial charge in [0.15, 0.2) is 5.79 Å². The lowest BCUT2D eigenvalue weighted by atomic mass is 10.1. The normalized spacial score (nSPS) is 23.7. The minimum atomic E-state index is -0.611. The van der Waals surface area contributed by atoms with Crippen LogP contribution >= 0.6 is 0 Å². The molecule has 2 atom stereocenters. The number of alkyl carbamates (subject to hydrolysis) is 1. The number of carbonyl (C=O) groups excluding carboxylic acids is 1. The molecule has 0 spiro atoms. The van der Waals surface area contributed by atoms with Gasteiger partial charge < -0.3 is 19.5 Å². The molecule has 1 aliphatic rings. The van der Waals surface area contributed by atoms with Gasteiger partial charge >= 0.3 is 6.09 Å². The molecule has 1 rings (SSSR count). The third kappa shape index (κ3) is 5.61. The van der Waals surface area contributed by atoms with E-state index in [1.54, 1.807) is 6.08 Å². The van der Waals surface area contributed by atoms with E-state index in [1.165, 1.54) is 0 Å². The maximum Gasteiger partial charge on any atom is 0.407 e. The molecule has 5 heteroatoms. The molecule has 1 fully saturated rings. The number of carbonyl (C=O) groups is 1. The zero-order valence-corrected chi connectivity index (χ0v) is 12.5. The van der Waals surface area contributed by atoms with Crippen molar-refractivity contribution in [3.8, 4) is 0 Å². The molecule has 1 saturated heterocycles. The van der Waals surface area contributed by atoms with Crippen molar-refractivity contribution in [3.63, 3.8) is 0 Å². The number of amides is 1. The summed E-state index contributed by atoms with van der Waals surface area (Å²) < 4.78 is 16.5. The van der Waals surface area contributed by atoms with Gasteiger partial charge in [-0.2, -0.15) is 0 Å². The van der Waals surface area contributed by atoms with Crippen LogP contribution in [-0.2, 0) is 14.2 Å². The van der Waals surface area contributed by atoms with Crippen LogP contribution in [-0.4, -0.2) is 36.2 Å². The third-order valence-corrected chi connectivity index (χ3v) is 2.60. The zero-order valence-electron chi connectivity index (χ0n) is 12.5. The van der Waals surface area contributed by atoms with Gasteiger partial charge in [0.1, 0.15) is 11.7 Å². The Hall–Kier alpha value is -1.07. The molecule has 1 amide bonds. The Labute approximate surface area is 115 Å². The van der Waals surface area contributed by atoms with Gasteiger partial charge in [-0.05, 0) is 41.0 Å². The highest BCUT2D eigenvalue weighted by atomic mass is 16.7. The first-order valence-corrected chi connectivity index (χ1v) is 6.55. The number of hydrogen-bond donors (Lipinski definition) is 1. The van der Waals surface area contributed by atoms with Crippen LogP contribution < -0.4 is 5.32 Å². The monoisotopic (exact) mass is 271 g/mol. The Kier molecular flexibility index (Phi) is 4.98. The van der Waals surface area contributed by atoms with Crippen LogP contribution in [0.15, 0.2) is 12.7 Å². The molecule has 0 radical (unpaired) electrons. The number of hydrogen-bond acceptors (Lipinski definition) is 4. The van der Waals surface area contributed by atoms with Gasteiger partial charge in [-0.1, -0.05) is 6.08 Å². The van der Waals surface area contributed by atoms with E-state index in [9.17, 15) is 4.79 Å². The van der Waals surface area contributed by atoms with E-state index >= 15 is 0 Å². The fourth-order valence-corrected chi connectivity index (χ4v) is 1.86. The van der Waals surface area contributed by atoms with Crippen molar-refractivity contribution in [1.29, 1.82) is 0 Å². The van der Waals surface area contributed by atoms with Crippen molar-refractivity contribution in [2.45, 2.75) is 64.6 Å². The molecule has 19 heavy (non-hydrogen) atoms. The molecule has 0 aromatic rings. The van der Waals surface area contributed by atoms with Gasteiger partial charge in [-0.3, -0.25) is 0 Å². The minimum absolute atomic E-state index is 0.194. The Balaban J connectivity index is 2.58. The van der Waals surface area contributed by atoms with Gasteiger partial charge in [0.25, 0.3) is 0 Å². The Morgan fingerprint density at radius 1 is 1.58 bits per heavy atom. The van der Waals surface area contributed by atoms with Crippen molar-refractivity contribution in [2.24, 2.45) is 0 Å². The Bertz CT molecular complexity index is 333. The predicted octanol–water partition coefficient (Wildman–Crippen LogP) is 2.61. The van der Waals surface area contributed by atoms with E-state index in [2.05, 4.69) is 11.9 Å². The van der Waals surface area contributed by atoms with Gasteiger partial charge in [0, 0.05) is 0 Å². The van der Waals surface area contributed by atoms with Crippen molar-refractivity contribution in [3.05, 3.63) is 12.7 Å². The molecule has 1 heterocycles.